The molecule has 1 aromatic carbocycles. The van der Waals surface area contributed by atoms with Crippen LogP contribution in [0.5, 0.6) is 0 Å². The number of benzene rings is 1. The molecule has 0 unspecified atom stereocenters. The number of nitrogens with zero attached hydrogens (tertiary/aromatic N) is 1. The lowest BCUT2D eigenvalue weighted by atomic mass is 10.0. The van der Waals surface area contributed by atoms with Gasteiger partial charge in [-0.05, 0) is 36.6 Å². The fourth-order valence-electron chi connectivity index (χ4n) is 2.40. The molecule has 1 aliphatic rings. The molecule has 0 aliphatic carbocycles. The number of hydrogen-bond acceptors (Lipinski definition) is 4. The molecule has 1 heterocycles. The van der Waals surface area contributed by atoms with Gasteiger partial charge in [0.2, 0.25) is 10.0 Å². The van der Waals surface area contributed by atoms with Gasteiger partial charge in [-0.25, -0.2) is 8.42 Å². The van der Waals surface area contributed by atoms with Gasteiger partial charge in [0.05, 0.1) is 11.5 Å². The zero-order chi connectivity index (χ0) is 14.6. The third kappa shape index (κ3) is 3.13. The van der Waals surface area contributed by atoms with E-state index < -0.39 is 10.0 Å². The lowest BCUT2D eigenvalue weighted by Crippen LogP contribution is -2.33. The molecular formula is C14H22N2O3S. The second-order valence-corrected chi connectivity index (χ2v) is 6.78. The van der Waals surface area contributed by atoms with Crippen LogP contribution in [-0.2, 0) is 21.2 Å². The normalized spacial score (nSPS) is 14.9. The summed E-state index contributed by atoms with van der Waals surface area (Å²) in [5, 5.41) is 3.29. The van der Waals surface area contributed by atoms with Crippen LogP contribution in [0.3, 0.4) is 0 Å². The van der Waals surface area contributed by atoms with Crippen LogP contribution in [0, 0.1) is 0 Å². The van der Waals surface area contributed by atoms with Crippen LogP contribution in [-0.4, -0.2) is 46.1 Å². The molecule has 112 valence electrons. The lowest BCUT2D eigenvalue weighted by Gasteiger charge is -2.22. The van der Waals surface area contributed by atoms with Crippen LogP contribution in [0.2, 0.25) is 0 Å². The van der Waals surface area contributed by atoms with E-state index in [0.29, 0.717) is 24.6 Å². The largest absolute Gasteiger partial charge is 0.385 e. The van der Waals surface area contributed by atoms with E-state index in [9.17, 15) is 8.42 Å². The summed E-state index contributed by atoms with van der Waals surface area (Å²) in [4.78, 5) is 0.373. The molecule has 0 bridgehead atoms. The summed E-state index contributed by atoms with van der Waals surface area (Å²) < 4.78 is 31.6. The van der Waals surface area contributed by atoms with E-state index in [1.54, 1.807) is 19.2 Å². The van der Waals surface area contributed by atoms with Gasteiger partial charge >= 0.3 is 0 Å². The van der Waals surface area contributed by atoms with Crippen LogP contribution >= 0.6 is 0 Å². The molecule has 20 heavy (non-hydrogen) atoms. The van der Waals surface area contributed by atoms with E-state index in [-0.39, 0.29) is 0 Å². The number of likely N-dealkylation sites (N-methyl/N-ethyl adjacent to an activating group) is 1. The van der Waals surface area contributed by atoms with Crippen molar-refractivity contribution >= 4 is 15.7 Å². The summed E-state index contributed by atoms with van der Waals surface area (Å²) >= 11 is 0. The van der Waals surface area contributed by atoms with Gasteiger partial charge in [-0.2, -0.15) is 4.31 Å². The van der Waals surface area contributed by atoms with Crippen molar-refractivity contribution in [3.63, 3.8) is 0 Å². The van der Waals surface area contributed by atoms with Crippen molar-refractivity contribution in [1.29, 1.82) is 0 Å². The topological polar surface area (TPSA) is 58.6 Å². The van der Waals surface area contributed by atoms with E-state index in [0.717, 1.165) is 30.6 Å². The molecule has 0 spiro atoms. The molecule has 0 amide bonds. The summed E-state index contributed by atoms with van der Waals surface area (Å²) in [5.41, 5.74) is 2.13. The second-order valence-electron chi connectivity index (χ2n) is 4.84. The van der Waals surface area contributed by atoms with Gasteiger partial charge in [-0.1, -0.05) is 6.92 Å². The fraction of sp³-hybridized carbons (Fsp3) is 0.571. The molecule has 1 N–H and O–H groups in total. The Labute approximate surface area is 121 Å². The van der Waals surface area contributed by atoms with E-state index in [1.807, 2.05) is 13.0 Å². The molecule has 1 aliphatic heterocycles. The van der Waals surface area contributed by atoms with Gasteiger partial charge in [0, 0.05) is 32.4 Å². The molecule has 1 aromatic rings. The van der Waals surface area contributed by atoms with E-state index in [1.165, 1.54) is 4.31 Å². The first-order chi connectivity index (χ1) is 9.59. The highest BCUT2D eigenvalue weighted by molar-refractivity contribution is 7.89. The van der Waals surface area contributed by atoms with Gasteiger partial charge in [-0.3, -0.25) is 0 Å². The number of nitrogens with one attached hydrogen (secondary N) is 1. The molecule has 0 saturated heterocycles. The number of hydrogen-bond donors (Lipinski definition) is 1. The minimum Gasteiger partial charge on any atom is -0.385 e. The molecule has 0 aromatic heterocycles. The van der Waals surface area contributed by atoms with Crippen LogP contribution in [0.15, 0.2) is 23.1 Å². The quantitative estimate of drug-likeness (QED) is 0.868. The minimum atomic E-state index is -3.43. The second kappa shape index (κ2) is 6.56. The number of methoxy groups -OCH3 is 1. The fourth-order valence-corrected chi connectivity index (χ4v) is 3.89. The van der Waals surface area contributed by atoms with Crippen molar-refractivity contribution in [2.45, 2.75) is 24.7 Å². The Bertz CT molecular complexity index is 558. The van der Waals surface area contributed by atoms with Gasteiger partial charge in [-0.15, -0.1) is 0 Å². The number of ether oxygens (including phenoxy) is 1. The Hall–Kier alpha value is -1.11. The van der Waals surface area contributed by atoms with E-state index >= 15 is 0 Å². The Morgan fingerprint density at radius 3 is 2.90 bits per heavy atom. The molecule has 0 saturated carbocycles. The van der Waals surface area contributed by atoms with Crippen LogP contribution in [0.1, 0.15) is 18.9 Å². The number of aryl methyl sites for hydroxylation is 1. The molecule has 0 radical (unpaired) electrons. The molecule has 6 heteroatoms. The summed E-state index contributed by atoms with van der Waals surface area (Å²) in [6.45, 7) is 4.02. The minimum absolute atomic E-state index is 0.373. The molecular weight excluding hydrogens is 276 g/mol. The molecule has 0 atom stereocenters. The lowest BCUT2D eigenvalue weighted by molar-refractivity contribution is 0.180. The predicted octanol–water partition coefficient (Wildman–Crippen LogP) is 1.70. The zero-order valence-corrected chi connectivity index (χ0v) is 12.9. The Morgan fingerprint density at radius 2 is 2.20 bits per heavy atom. The average Bonchev–Trinajstić information content (AvgIpc) is 2.47. The summed E-state index contributed by atoms with van der Waals surface area (Å²) in [6.07, 6.45) is 1.97. The first-order valence-corrected chi connectivity index (χ1v) is 8.39. The summed E-state index contributed by atoms with van der Waals surface area (Å²) in [5.74, 6) is 0. The summed E-state index contributed by atoms with van der Waals surface area (Å²) in [6, 6.07) is 5.35. The van der Waals surface area contributed by atoms with E-state index in [4.69, 9.17) is 4.74 Å². The van der Waals surface area contributed by atoms with Crippen molar-refractivity contribution in [1.82, 2.24) is 4.31 Å². The number of sulfonamides is 1. The number of fused-ring (bicyclic) bond motifs is 1. The van der Waals surface area contributed by atoms with Crippen molar-refractivity contribution in [2.24, 2.45) is 0 Å². The SMILES string of the molecule is CCN(CCOC)S(=O)(=O)c1ccc2c(c1)CCCN2. The number of anilines is 1. The highest BCUT2D eigenvalue weighted by Crippen LogP contribution is 2.26. The summed E-state index contributed by atoms with van der Waals surface area (Å²) in [7, 11) is -1.86. The van der Waals surface area contributed by atoms with Crippen molar-refractivity contribution in [3.05, 3.63) is 23.8 Å². The van der Waals surface area contributed by atoms with Gasteiger partial charge in [0.25, 0.3) is 0 Å². The maximum absolute atomic E-state index is 12.6. The first-order valence-electron chi connectivity index (χ1n) is 6.95. The van der Waals surface area contributed by atoms with Crippen molar-refractivity contribution in [2.75, 3.05) is 38.7 Å². The average molecular weight is 298 g/mol. The monoisotopic (exact) mass is 298 g/mol. The first kappa shape index (κ1) is 15.3. The third-order valence-electron chi connectivity index (χ3n) is 3.55. The predicted molar refractivity (Wildman–Crippen MR) is 79.6 cm³/mol. The van der Waals surface area contributed by atoms with Crippen LogP contribution in [0.25, 0.3) is 0 Å². The molecule has 5 nitrogen and oxygen atoms in total. The van der Waals surface area contributed by atoms with Gasteiger partial charge in [0.15, 0.2) is 0 Å². The number of rotatable bonds is 6. The molecule has 0 fully saturated rings. The highest BCUT2D eigenvalue weighted by Gasteiger charge is 2.24. The van der Waals surface area contributed by atoms with Crippen molar-refractivity contribution < 1.29 is 13.2 Å². The molecule has 2 rings (SSSR count). The maximum Gasteiger partial charge on any atom is 0.243 e. The smallest absolute Gasteiger partial charge is 0.243 e. The van der Waals surface area contributed by atoms with E-state index in [2.05, 4.69) is 5.32 Å². The van der Waals surface area contributed by atoms with Crippen LogP contribution in [0.4, 0.5) is 5.69 Å². The zero-order valence-electron chi connectivity index (χ0n) is 12.1. The Kier molecular flexibility index (Phi) is 5.01. The third-order valence-corrected chi connectivity index (χ3v) is 5.52. The Morgan fingerprint density at radius 1 is 1.40 bits per heavy atom. The van der Waals surface area contributed by atoms with Crippen molar-refractivity contribution in [3.8, 4) is 0 Å². The van der Waals surface area contributed by atoms with Gasteiger partial charge in [0.1, 0.15) is 0 Å². The van der Waals surface area contributed by atoms with Gasteiger partial charge < -0.3 is 10.1 Å². The highest BCUT2D eigenvalue weighted by atomic mass is 32.2. The van der Waals surface area contributed by atoms with Crippen LogP contribution < -0.4 is 5.32 Å². The maximum atomic E-state index is 12.6. The standard InChI is InChI=1S/C14H22N2O3S/c1-3-16(9-10-19-2)20(17,18)13-6-7-14-12(11-13)5-4-8-15-14/h6-7,11,15H,3-5,8-10H2,1-2H3. The Balaban J connectivity index is 2.28.